The molecule has 0 aliphatic carbocycles. The van der Waals surface area contributed by atoms with Crippen LogP contribution in [0.2, 0.25) is 0 Å². The first-order valence-corrected chi connectivity index (χ1v) is 9.29. The first-order chi connectivity index (χ1) is 14.5. The van der Waals surface area contributed by atoms with Gasteiger partial charge in [-0.2, -0.15) is 4.98 Å². The van der Waals surface area contributed by atoms with Gasteiger partial charge < -0.3 is 20.3 Å². The van der Waals surface area contributed by atoms with Gasteiger partial charge in [0.1, 0.15) is 17.9 Å². The second-order valence-corrected chi connectivity index (χ2v) is 6.74. The van der Waals surface area contributed by atoms with Crippen LogP contribution in [0, 0.1) is 5.82 Å². The maximum Gasteiger partial charge on any atom is 0.251 e. The number of carbonyl (C=O) groups is 1. The quantitative estimate of drug-likeness (QED) is 0.590. The van der Waals surface area contributed by atoms with Gasteiger partial charge in [-0.05, 0) is 56.6 Å². The Balaban J connectivity index is 1.70. The van der Waals surface area contributed by atoms with Crippen molar-refractivity contribution in [1.29, 1.82) is 0 Å². The van der Waals surface area contributed by atoms with E-state index in [-0.39, 0.29) is 23.2 Å². The number of likely N-dealkylation sites (N-methyl/N-ethyl adjacent to an activating group) is 1. The number of aromatic nitrogens is 3. The van der Waals surface area contributed by atoms with E-state index in [1.54, 1.807) is 24.3 Å². The Morgan fingerprint density at radius 2 is 1.90 bits per heavy atom. The number of anilines is 2. The second kappa shape index (κ2) is 9.75. The highest BCUT2D eigenvalue weighted by molar-refractivity contribution is 5.94. The van der Waals surface area contributed by atoms with Gasteiger partial charge in [0.05, 0.1) is 12.7 Å². The van der Waals surface area contributed by atoms with Crippen LogP contribution in [0.3, 0.4) is 0 Å². The predicted molar refractivity (Wildman–Crippen MR) is 112 cm³/mol. The molecule has 0 radical (unpaired) electrons. The average molecular weight is 410 g/mol. The zero-order valence-corrected chi connectivity index (χ0v) is 17.0. The highest BCUT2D eigenvalue weighted by atomic mass is 19.1. The number of hydrogen-bond acceptors (Lipinski definition) is 7. The van der Waals surface area contributed by atoms with Crippen LogP contribution in [0.5, 0.6) is 5.75 Å². The van der Waals surface area contributed by atoms with Crippen LogP contribution in [0.1, 0.15) is 10.4 Å². The molecule has 1 aromatic heterocycles. The lowest BCUT2D eigenvalue weighted by Gasteiger charge is -2.11. The van der Waals surface area contributed by atoms with Gasteiger partial charge in [-0.3, -0.25) is 4.79 Å². The molecule has 0 saturated carbocycles. The molecule has 3 aromatic rings. The number of carbonyl (C=O) groups excluding carboxylic acids is 1. The summed E-state index contributed by atoms with van der Waals surface area (Å²) in [5.74, 6) is 0.337. The van der Waals surface area contributed by atoms with E-state index in [1.807, 2.05) is 19.0 Å². The standard InChI is InChI=1S/C21H23FN6O2/c1-28(2)11-10-23-20(29)14-4-6-15(7-5-14)26-21-25-13-24-19(27-21)17-12-16(30-3)8-9-18(17)22/h4-9,12-13H,10-11H2,1-3H3,(H,23,29)(H,24,25,26,27). The van der Waals surface area contributed by atoms with Gasteiger partial charge in [0.25, 0.3) is 5.91 Å². The lowest BCUT2D eigenvalue weighted by atomic mass is 10.2. The molecule has 1 heterocycles. The third kappa shape index (κ3) is 5.48. The second-order valence-electron chi connectivity index (χ2n) is 6.74. The molecule has 1 amide bonds. The summed E-state index contributed by atoms with van der Waals surface area (Å²) in [5, 5.41) is 5.89. The molecule has 0 aliphatic heterocycles. The summed E-state index contributed by atoms with van der Waals surface area (Å²) < 4.78 is 19.3. The van der Waals surface area contributed by atoms with Gasteiger partial charge in [0.15, 0.2) is 5.82 Å². The number of ether oxygens (including phenoxy) is 1. The number of rotatable bonds is 8. The van der Waals surface area contributed by atoms with Gasteiger partial charge in [-0.25, -0.2) is 14.4 Å². The zero-order valence-electron chi connectivity index (χ0n) is 17.0. The van der Waals surface area contributed by atoms with Crippen molar-refractivity contribution < 1.29 is 13.9 Å². The molecule has 3 rings (SSSR count). The van der Waals surface area contributed by atoms with E-state index >= 15 is 0 Å². The molecule has 0 atom stereocenters. The van der Waals surface area contributed by atoms with Crippen molar-refractivity contribution in [3.8, 4) is 17.1 Å². The molecule has 2 N–H and O–H groups in total. The first kappa shape index (κ1) is 21.1. The minimum atomic E-state index is -0.461. The Labute approximate surface area is 174 Å². The molecular formula is C21H23FN6O2. The van der Waals surface area contributed by atoms with Crippen molar-refractivity contribution in [3.05, 3.63) is 60.2 Å². The summed E-state index contributed by atoms with van der Waals surface area (Å²) in [7, 11) is 5.40. The average Bonchev–Trinajstić information content (AvgIpc) is 2.74. The predicted octanol–water partition coefficient (Wildman–Crippen LogP) is 2.72. The van der Waals surface area contributed by atoms with Gasteiger partial charge in [0, 0.05) is 24.3 Å². The highest BCUT2D eigenvalue weighted by Gasteiger charge is 2.11. The molecule has 0 fully saturated rings. The topological polar surface area (TPSA) is 92.3 Å². The molecule has 30 heavy (non-hydrogen) atoms. The van der Waals surface area contributed by atoms with E-state index in [9.17, 15) is 9.18 Å². The summed E-state index contributed by atoms with van der Waals surface area (Å²) in [6.07, 6.45) is 1.30. The van der Waals surface area contributed by atoms with Crippen LogP contribution in [-0.4, -0.2) is 60.1 Å². The number of hydrogen-bond donors (Lipinski definition) is 2. The molecule has 0 aliphatic rings. The number of amides is 1. The third-order valence-corrected chi connectivity index (χ3v) is 4.23. The van der Waals surface area contributed by atoms with Crippen LogP contribution in [0.15, 0.2) is 48.8 Å². The summed E-state index contributed by atoms with van der Waals surface area (Å²) in [6, 6.07) is 11.3. The fourth-order valence-corrected chi connectivity index (χ4v) is 2.62. The lowest BCUT2D eigenvalue weighted by Crippen LogP contribution is -2.31. The molecule has 0 saturated heterocycles. The first-order valence-electron chi connectivity index (χ1n) is 9.29. The van der Waals surface area contributed by atoms with Crippen LogP contribution in [0.4, 0.5) is 16.0 Å². The van der Waals surface area contributed by atoms with Crippen molar-refractivity contribution in [1.82, 2.24) is 25.2 Å². The normalized spacial score (nSPS) is 10.7. The fraction of sp³-hybridized carbons (Fsp3) is 0.238. The summed E-state index contributed by atoms with van der Waals surface area (Å²) >= 11 is 0. The number of methoxy groups -OCH3 is 1. The number of benzene rings is 2. The van der Waals surface area contributed by atoms with Crippen LogP contribution >= 0.6 is 0 Å². The Morgan fingerprint density at radius 3 is 2.60 bits per heavy atom. The van der Waals surface area contributed by atoms with E-state index in [4.69, 9.17) is 4.74 Å². The summed E-state index contributed by atoms with van der Waals surface area (Å²) in [4.78, 5) is 26.6. The Bertz CT molecular complexity index is 1010. The van der Waals surface area contributed by atoms with E-state index in [0.29, 0.717) is 23.5 Å². The van der Waals surface area contributed by atoms with Crippen LogP contribution < -0.4 is 15.4 Å². The Morgan fingerprint density at radius 1 is 1.13 bits per heavy atom. The van der Waals surface area contributed by atoms with Gasteiger partial charge in [-0.15, -0.1) is 0 Å². The van der Waals surface area contributed by atoms with E-state index < -0.39 is 5.82 Å². The van der Waals surface area contributed by atoms with E-state index in [1.165, 1.54) is 31.6 Å². The monoisotopic (exact) mass is 410 g/mol. The van der Waals surface area contributed by atoms with Crippen molar-refractivity contribution in [2.45, 2.75) is 0 Å². The van der Waals surface area contributed by atoms with Crippen LogP contribution in [0.25, 0.3) is 11.4 Å². The van der Waals surface area contributed by atoms with E-state index in [0.717, 1.165) is 6.54 Å². The Kier molecular flexibility index (Phi) is 6.87. The van der Waals surface area contributed by atoms with Crippen LogP contribution in [-0.2, 0) is 0 Å². The Hall–Kier alpha value is -3.59. The largest absolute Gasteiger partial charge is 0.497 e. The SMILES string of the molecule is COc1ccc(F)c(-c2ncnc(Nc3ccc(C(=O)NCCN(C)C)cc3)n2)c1. The highest BCUT2D eigenvalue weighted by Crippen LogP contribution is 2.25. The molecule has 0 spiro atoms. The van der Waals surface area contributed by atoms with Gasteiger partial charge in [0.2, 0.25) is 5.95 Å². The van der Waals surface area contributed by atoms with Crippen molar-refractivity contribution in [3.63, 3.8) is 0 Å². The number of nitrogens with one attached hydrogen (secondary N) is 2. The van der Waals surface area contributed by atoms with Gasteiger partial charge in [-0.1, -0.05) is 0 Å². The molecule has 156 valence electrons. The molecule has 0 bridgehead atoms. The van der Waals surface area contributed by atoms with Crippen molar-refractivity contribution in [2.75, 3.05) is 39.6 Å². The van der Waals surface area contributed by atoms with Crippen molar-refractivity contribution in [2.24, 2.45) is 0 Å². The maximum atomic E-state index is 14.2. The van der Waals surface area contributed by atoms with Gasteiger partial charge >= 0.3 is 0 Å². The molecule has 8 nitrogen and oxygen atoms in total. The summed E-state index contributed by atoms with van der Waals surface area (Å²) in [6.45, 7) is 1.33. The molecule has 9 heteroatoms. The summed E-state index contributed by atoms with van der Waals surface area (Å²) in [5.41, 5.74) is 1.45. The minimum absolute atomic E-state index is 0.139. The molecule has 2 aromatic carbocycles. The van der Waals surface area contributed by atoms with E-state index in [2.05, 4.69) is 25.6 Å². The molecular weight excluding hydrogens is 387 g/mol. The lowest BCUT2D eigenvalue weighted by molar-refractivity contribution is 0.0951. The smallest absolute Gasteiger partial charge is 0.251 e. The number of halogens is 1. The molecule has 0 unspecified atom stereocenters. The third-order valence-electron chi connectivity index (χ3n) is 4.23. The fourth-order valence-electron chi connectivity index (χ4n) is 2.62. The van der Waals surface area contributed by atoms with Crippen molar-refractivity contribution >= 4 is 17.5 Å². The minimum Gasteiger partial charge on any atom is -0.497 e. The number of nitrogens with zero attached hydrogens (tertiary/aromatic N) is 4. The maximum absolute atomic E-state index is 14.2. The zero-order chi connectivity index (χ0) is 21.5.